The second kappa shape index (κ2) is 7.66. The maximum atomic E-state index is 12.2. The highest BCUT2D eigenvalue weighted by molar-refractivity contribution is 5.79. The Bertz CT molecular complexity index is 200. The summed E-state index contributed by atoms with van der Waals surface area (Å²) in [5.41, 5.74) is 5.58. The van der Waals surface area contributed by atoms with Crippen molar-refractivity contribution in [2.75, 3.05) is 13.1 Å². The number of nitrogens with two attached hydrogens (primary N) is 1. The van der Waals surface area contributed by atoms with Gasteiger partial charge in [0.15, 0.2) is 0 Å². The molecule has 0 fully saturated rings. The largest absolute Gasteiger partial charge is 0.339 e. The second-order valence-corrected chi connectivity index (χ2v) is 4.99. The summed E-state index contributed by atoms with van der Waals surface area (Å²) in [7, 11) is 0. The first-order valence-corrected chi connectivity index (χ1v) is 6.48. The lowest BCUT2D eigenvalue weighted by molar-refractivity contribution is -0.137. The van der Waals surface area contributed by atoms with Crippen LogP contribution < -0.4 is 5.73 Å². The van der Waals surface area contributed by atoms with Crippen molar-refractivity contribution in [3.63, 3.8) is 0 Å². The van der Waals surface area contributed by atoms with E-state index < -0.39 is 0 Å². The summed E-state index contributed by atoms with van der Waals surface area (Å²) < 4.78 is 0. The Hall–Kier alpha value is -0.570. The van der Waals surface area contributed by atoms with Gasteiger partial charge in [0.25, 0.3) is 0 Å². The molecule has 1 unspecified atom stereocenters. The van der Waals surface area contributed by atoms with Crippen molar-refractivity contribution in [1.29, 1.82) is 0 Å². The number of rotatable bonds is 7. The quantitative estimate of drug-likeness (QED) is 0.726. The number of amides is 1. The molecule has 0 saturated carbocycles. The fourth-order valence-electron chi connectivity index (χ4n) is 1.93. The van der Waals surface area contributed by atoms with Gasteiger partial charge in [-0.3, -0.25) is 4.79 Å². The predicted molar refractivity (Wildman–Crippen MR) is 69.1 cm³/mol. The van der Waals surface area contributed by atoms with Gasteiger partial charge >= 0.3 is 0 Å². The van der Waals surface area contributed by atoms with Crippen molar-refractivity contribution in [1.82, 2.24) is 4.90 Å². The fraction of sp³-hybridized carbons (Fsp3) is 0.923. The van der Waals surface area contributed by atoms with Crippen LogP contribution in [0.3, 0.4) is 0 Å². The third-order valence-corrected chi connectivity index (χ3v) is 3.00. The van der Waals surface area contributed by atoms with E-state index in [4.69, 9.17) is 5.73 Å². The van der Waals surface area contributed by atoms with Gasteiger partial charge in [-0.05, 0) is 18.8 Å². The van der Waals surface area contributed by atoms with Gasteiger partial charge in [0.05, 0.1) is 0 Å². The molecule has 0 radical (unpaired) electrons. The van der Waals surface area contributed by atoms with Gasteiger partial charge in [0, 0.05) is 25.0 Å². The van der Waals surface area contributed by atoms with Crippen LogP contribution in [0.15, 0.2) is 0 Å². The summed E-state index contributed by atoms with van der Waals surface area (Å²) >= 11 is 0. The molecule has 3 heteroatoms. The molecular weight excluding hydrogens is 200 g/mol. The zero-order valence-corrected chi connectivity index (χ0v) is 11.5. The molecule has 1 amide bonds. The van der Waals surface area contributed by atoms with E-state index in [1.807, 2.05) is 11.8 Å². The summed E-state index contributed by atoms with van der Waals surface area (Å²) in [5.74, 6) is 0.666. The SMILES string of the molecule is CCC(CC)N(CC(C)C)C(=O)C(C)CN. The summed E-state index contributed by atoms with van der Waals surface area (Å²) in [6.07, 6.45) is 2.04. The smallest absolute Gasteiger partial charge is 0.226 e. The Kier molecular flexibility index (Phi) is 7.39. The van der Waals surface area contributed by atoms with Crippen LogP contribution in [-0.2, 0) is 4.79 Å². The normalized spacial score (nSPS) is 13.2. The van der Waals surface area contributed by atoms with Gasteiger partial charge in [0.1, 0.15) is 0 Å². The maximum absolute atomic E-state index is 12.2. The fourth-order valence-corrected chi connectivity index (χ4v) is 1.93. The van der Waals surface area contributed by atoms with E-state index in [9.17, 15) is 4.79 Å². The van der Waals surface area contributed by atoms with E-state index in [-0.39, 0.29) is 11.8 Å². The Morgan fingerprint density at radius 3 is 2.00 bits per heavy atom. The molecule has 0 aromatic rings. The van der Waals surface area contributed by atoms with Gasteiger partial charge in [-0.25, -0.2) is 0 Å². The van der Waals surface area contributed by atoms with Crippen LogP contribution in [-0.4, -0.2) is 29.9 Å². The first kappa shape index (κ1) is 15.4. The maximum Gasteiger partial charge on any atom is 0.226 e. The molecule has 0 aromatic carbocycles. The van der Waals surface area contributed by atoms with E-state index in [1.165, 1.54) is 0 Å². The molecule has 2 N–H and O–H groups in total. The highest BCUT2D eigenvalue weighted by Gasteiger charge is 2.25. The Balaban J connectivity index is 4.70. The molecule has 0 aliphatic carbocycles. The molecule has 0 heterocycles. The first-order chi connectivity index (χ1) is 7.47. The van der Waals surface area contributed by atoms with Crippen molar-refractivity contribution in [3.8, 4) is 0 Å². The average Bonchev–Trinajstić information content (AvgIpc) is 2.26. The van der Waals surface area contributed by atoms with Crippen LogP contribution in [0.2, 0.25) is 0 Å². The molecule has 0 saturated heterocycles. The van der Waals surface area contributed by atoms with Crippen LogP contribution in [0.25, 0.3) is 0 Å². The Morgan fingerprint density at radius 1 is 1.19 bits per heavy atom. The first-order valence-electron chi connectivity index (χ1n) is 6.48. The molecular formula is C13H28N2O. The van der Waals surface area contributed by atoms with Crippen molar-refractivity contribution in [2.45, 2.75) is 53.5 Å². The van der Waals surface area contributed by atoms with Crippen molar-refractivity contribution < 1.29 is 4.79 Å². The topological polar surface area (TPSA) is 46.3 Å². The second-order valence-electron chi connectivity index (χ2n) is 4.99. The molecule has 3 nitrogen and oxygen atoms in total. The minimum absolute atomic E-state index is 0.0562. The number of carbonyl (C=O) groups is 1. The average molecular weight is 228 g/mol. The van der Waals surface area contributed by atoms with Gasteiger partial charge in [-0.15, -0.1) is 0 Å². The molecule has 0 spiro atoms. The Labute approximate surface area is 100 Å². The monoisotopic (exact) mass is 228 g/mol. The molecule has 0 aliphatic heterocycles. The molecule has 0 aromatic heterocycles. The van der Waals surface area contributed by atoms with Crippen LogP contribution in [0.1, 0.15) is 47.5 Å². The van der Waals surface area contributed by atoms with E-state index in [1.54, 1.807) is 0 Å². The molecule has 16 heavy (non-hydrogen) atoms. The summed E-state index contributed by atoms with van der Waals surface area (Å²) in [4.78, 5) is 14.2. The van der Waals surface area contributed by atoms with E-state index >= 15 is 0 Å². The van der Waals surface area contributed by atoms with Crippen molar-refractivity contribution >= 4 is 5.91 Å². The Morgan fingerprint density at radius 2 is 1.69 bits per heavy atom. The summed E-state index contributed by atoms with van der Waals surface area (Å²) in [6.45, 7) is 11.8. The van der Waals surface area contributed by atoms with Gasteiger partial charge in [-0.1, -0.05) is 34.6 Å². The van der Waals surface area contributed by atoms with E-state index in [0.29, 0.717) is 18.5 Å². The van der Waals surface area contributed by atoms with Crippen LogP contribution >= 0.6 is 0 Å². The van der Waals surface area contributed by atoms with Gasteiger partial charge in [0.2, 0.25) is 5.91 Å². The standard InChI is InChI=1S/C13H28N2O/c1-6-12(7-2)15(9-10(3)4)13(16)11(5)8-14/h10-12H,6-9,14H2,1-5H3. The van der Waals surface area contributed by atoms with Crippen molar-refractivity contribution in [3.05, 3.63) is 0 Å². The highest BCUT2D eigenvalue weighted by atomic mass is 16.2. The molecule has 0 aliphatic rings. The van der Waals surface area contributed by atoms with Gasteiger partial charge < -0.3 is 10.6 Å². The van der Waals surface area contributed by atoms with Crippen molar-refractivity contribution in [2.24, 2.45) is 17.6 Å². The lowest BCUT2D eigenvalue weighted by Crippen LogP contribution is -2.45. The molecule has 1 atom stereocenters. The zero-order valence-electron chi connectivity index (χ0n) is 11.5. The number of hydrogen-bond acceptors (Lipinski definition) is 2. The number of hydrogen-bond donors (Lipinski definition) is 1. The zero-order chi connectivity index (χ0) is 12.7. The van der Waals surface area contributed by atoms with Crippen LogP contribution in [0.4, 0.5) is 0 Å². The lowest BCUT2D eigenvalue weighted by Gasteiger charge is -2.34. The highest BCUT2D eigenvalue weighted by Crippen LogP contribution is 2.14. The van der Waals surface area contributed by atoms with Crippen LogP contribution in [0.5, 0.6) is 0 Å². The third kappa shape index (κ3) is 4.52. The molecule has 96 valence electrons. The minimum Gasteiger partial charge on any atom is -0.339 e. The third-order valence-electron chi connectivity index (χ3n) is 3.00. The molecule has 0 rings (SSSR count). The summed E-state index contributed by atoms with van der Waals surface area (Å²) in [6, 6.07) is 0.365. The number of nitrogens with zero attached hydrogens (tertiary/aromatic N) is 1. The van der Waals surface area contributed by atoms with Gasteiger partial charge in [-0.2, -0.15) is 0 Å². The summed E-state index contributed by atoms with van der Waals surface area (Å²) in [5, 5.41) is 0. The van der Waals surface area contributed by atoms with E-state index in [0.717, 1.165) is 19.4 Å². The molecule has 0 bridgehead atoms. The minimum atomic E-state index is -0.0562. The van der Waals surface area contributed by atoms with Crippen LogP contribution in [0, 0.1) is 11.8 Å². The van der Waals surface area contributed by atoms with E-state index in [2.05, 4.69) is 27.7 Å². The predicted octanol–water partition coefficient (Wildman–Crippen LogP) is 2.25. The number of carbonyl (C=O) groups excluding carboxylic acids is 1. The lowest BCUT2D eigenvalue weighted by atomic mass is 10.0.